The number of hydrogen-bond acceptors (Lipinski definition) is 6. The number of nitrogens with zero attached hydrogens (tertiary/aromatic N) is 4. The van der Waals surface area contributed by atoms with Crippen molar-refractivity contribution in [3.63, 3.8) is 0 Å². The van der Waals surface area contributed by atoms with E-state index in [1.807, 2.05) is 26.1 Å². The third kappa shape index (κ3) is 3.88. The molecule has 1 atom stereocenters. The van der Waals surface area contributed by atoms with E-state index in [-0.39, 0.29) is 11.6 Å². The number of rotatable bonds is 5. The van der Waals surface area contributed by atoms with Crippen LogP contribution in [-0.4, -0.2) is 41.5 Å². The molecule has 2 aliphatic rings. The molecule has 8 heteroatoms. The highest BCUT2D eigenvalue weighted by atomic mass is 19.3. The van der Waals surface area contributed by atoms with Gasteiger partial charge in [-0.1, -0.05) is 18.2 Å². The monoisotopic (exact) mass is 439 g/mol. The minimum Gasteiger partial charge on any atom is -0.380 e. The van der Waals surface area contributed by atoms with E-state index in [4.69, 9.17) is 9.72 Å². The molecule has 4 heterocycles. The van der Waals surface area contributed by atoms with Crippen molar-refractivity contribution in [3.05, 3.63) is 53.3 Å². The van der Waals surface area contributed by atoms with E-state index in [2.05, 4.69) is 26.5 Å². The van der Waals surface area contributed by atoms with Crippen molar-refractivity contribution in [2.24, 2.45) is 5.41 Å². The Balaban J connectivity index is 1.42. The zero-order chi connectivity index (χ0) is 22.3. The quantitative estimate of drug-likeness (QED) is 0.600. The second-order valence-corrected chi connectivity index (χ2v) is 9.04. The fourth-order valence-electron chi connectivity index (χ4n) is 4.60. The van der Waals surface area contributed by atoms with E-state index in [1.54, 1.807) is 6.07 Å². The van der Waals surface area contributed by atoms with Crippen LogP contribution in [0.1, 0.15) is 49.1 Å². The molecule has 1 N–H and O–H groups in total. The van der Waals surface area contributed by atoms with Crippen LogP contribution in [0.5, 0.6) is 0 Å². The smallest absolute Gasteiger partial charge is 0.263 e. The van der Waals surface area contributed by atoms with Crippen LogP contribution in [0.15, 0.2) is 36.5 Å². The first-order valence-electron chi connectivity index (χ1n) is 11.0. The van der Waals surface area contributed by atoms with E-state index >= 15 is 0 Å². The number of pyridine rings is 1. The average Bonchev–Trinajstić information content (AvgIpc) is 2.80. The number of aryl methyl sites for hydroxylation is 1. The summed E-state index contributed by atoms with van der Waals surface area (Å²) in [6, 6.07) is 8.37. The first-order chi connectivity index (χ1) is 15.4. The normalized spacial score (nSPS) is 18.7. The number of ether oxygens (including phenoxy) is 1. The minimum absolute atomic E-state index is 0.0136. The SMILES string of the molecule is Cc1nnc(N[C@H](C)c2cccc(C(F)F)c2)c2cc(N3CCC4(CC3)COC4)cnc12. The Labute approximate surface area is 186 Å². The predicted molar refractivity (Wildman–Crippen MR) is 120 cm³/mol. The minimum atomic E-state index is -2.50. The highest BCUT2D eigenvalue weighted by Crippen LogP contribution is 2.40. The van der Waals surface area contributed by atoms with Gasteiger partial charge in [0.15, 0.2) is 5.82 Å². The number of alkyl halides is 2. The van der Waals surface area contributed by atoms with Crippen molar-refractivity contribution >= 4 is 22.4 Å². The summed E-state index contributed by atoms with van der Waals surface area (Å²) in [6.07, 6.45) is 1.66. The third-order valence-corrected chi connectivity index (χ3v) is 6.79. The number of halogens is 2. The maximum absolute atomic E-state index is 13.1. The lowest BCUT2D eigenvalue weighted by Gasteiger charge is -2.47. The Bertz CT molecular complexity index is 1120. The Kier molecular flexibility index (Phi) is 5.41. The molecule has 1 spiro atoms. The van der Waals surface area contributed by atoms with Crippen LogP contribution in [0.3, 0.4) is 0 Å². The van der Waals surface area contributed by atoms with Gasteiger partial charge >= 0.3 is 0 Å². The van der Waals surface area contributed by atoms with Crippen LogP contribution in [0.4, 0.5) is 20.3 Å². The van der Waals surface area contributed by atoms with Crippen molar-refractivity contribution in [3.8, 4) is 0 Å². The van der Waals surface area contributed by atoms with Gasteiger partial charge in [0.05, 0.1) is 42.4 Å². The number of anilines is 2. The molecule has 6 nitrogen and oxygen atoms in total. The van der Waals surface area contributed by atoms with Crippen LogP contribution < -0.4 is 10.2 Å². The molecule has 2 aromatic heterocycles. The summed E-state index contributed by atoms with van der Waals surface area (Å²) >= 11 is 0. The molecular weight excluding hydrogens is 412 g/mol. The largest absolute Gasteiger partial charge is 0.380 e. The van der Waals surface area contributed by atoms with Gasteiger partial charge in [-0.15, -0.1) is 5.10 Å². The molecule has 0 bridgehead atoms. The molecule has 2 aliphatic heterocycles. The summed E-state index contributed by atoms with van der Waals surface area (Å²) in [4.78, 5) is 7.06. The van der Waals surface area contributed by atoms with Crippen LogP contribution in [0.25, 0.3) is 10.9 Å². The van der Waals surface area contributed by atoms with E-state index in [1.165, 1.54) is 12.1 Å². The lowest BCUT2D eigenvalue weighted by molar-refractivity contribution is -0.124. The van der Waals surface area contributed by atoms with Gasteiger partial charge in [-0.2, -0.15) is 5.10 Å². The summed E-state index contributed by atoms with van der Waals surface area (Å²) in [5.74, 6) is 0.607. The number of fused-ring (bicyclic) bond motifs is 1. The summed E-state index contributed by atoms with van der Waals surface area (Å²) in [6.45, 7) is 7.54. The average molecular weight is 440 g/mol. The summed E-state index contributed by atoms with van der Waals surface area (Å²) in [5.41, 5.74) is 3.77. The van der Waals surface area contributed by atoms with Gasteiger partial charge in [0.25, 0.3) is 6.43 Å². The maximum atomic E-state index is 13.1. The molecule has 2 fully saturated rings. The van der Waals surface area contributed by atoms with Gasteiger partial charge in [-0.3, -0.25) is 4.98 Å². The number of benzene rings is 1. The molecule has 0 radical (unpaired) electrons. The molecule has 2 saturated heterocycles. The number of hydrogen-bond donors (Lipinski definition) is 1. The van der Waals surface area contributed by atoms with Crippen LogP contribution >= 0.6 is 0 Å². The first kappa shape index (κ1) is 21.0. The van der Waals surface area contributed by atoms with Crippen LogP contribution in [0, 0.1) is 12.3 Å². The maximum Gasteiger partial charge on any atom is 0.263 e. The fraction of sp³-hybridized carbons (Fsp3) is 0.458. The van der Waals surface area contributed by atoms with Crippen molar-refractivity contribution in [1.29, 1.82) is 0 Å². The molecule has 0 aliphatic carbocycles. The van der Waals surface area contributed by atoms with Gasteiger partial charge in [0.1, 0.15) is 0 Å². The molecule has 1 aromatic carbocycles. The molecule has 32 heavy (non-hydrogen) atoms. The van der Waals surface area contributed by atoms with Crippen LogP contribution in [0.2, 0.25) is 0 Å². The first-order valence-corrected chi connectivity index (χ1v) is 11.0. The van der Waals surface area contributed by atoms with Gasteiger partial charge in [0.2, 0.25) is 0 Å². The van der Waals surface area contributed by atoms with Crippen molar-refractivity contribution in [2.75, 3.05) is 36.5 Å². The highest BCUT2D eigenvalue weighted by molar-refractivity contribution is 5.92. The van der Waals surface area contributed by atoms with Gasteiger partial charge in [0, 0.05) is 29.5 Å². The molecule has 168 valence electrons. The molecule has 0 amide bonds. The summed E-state index contributed by atoms with van der Waals surface area (Å²) in [7, 11) is 0. The Morgan fingerprint density at radius 3 is 2.53 bits per heavy atom. The second kappa shape index (κ2) is 8.24. The molecular formula is C24H27F2N5O. The number of nitrogens with one attached hydrogen (secondary N) is 1. The van der Waals surface area contributed by atoms with E-state index < -0.39 is 6.43 Å². The second-order valence-electron chi connectivity index (χ2n) is 9.04. The van der Waals surface area contributed by atoms with E-state index in [0.717, 1.165) is 67.0 Å². The Morgan fingerprint density at radius 2 is 1.84 bits per heavy atom. The lowest BCUT2D eigenvalue weighted by Crippen LogP contribution is -2.50. The summed E-state index contributed by atoms with van der Waals surface area (Å²) < 4.78 is 31.7. The zero-order valence-electron chi connectivity index (χ0n) is 18.3. The number of aromatic nitrogens is 3. The topological polar surface area (TPSA) is 63.2 Å². The predicted octanol–water partition coefficient (Wildman–Crippen LogP) is 5.06. The molecule has 3 aromatic rings. The summed E-state index contributed by atoms with van der Waals surface area (Å²) in [5, 5.41) is 12.9. The van der Waals surface area contributed by atoms with Crippen molar-refractivity contribution in [2.45, 2.75) is 39.2 Å². The Morgan fingerprint density at radius 1 is 1.09 bits per heavy atom. The molecule has 5 rings (SSSR count). The van der Waals surface area contributed by atoms with Gasteiger partial charge in [-0.25, -0.2) is 8.78 Å². The van der Waals surface area contributed by atoms with E-state index in [9.17, 15) is 8.78 Å². The molecule has 0 unspecified atom stereocenters. The zero-order valence-corrected chi connectivity index (χ0v) is 18.3. The third-order valence-electron chi connectivity index (χ3n) is 6.79. The van der Waals surface area contributed by atoms with E-state index in [0.29, 0.717) is 11.2 Å². The van der Waals surface area contributed by atoms with Gasteiger partial charge in [-0.05, 0) is 44.4 Å². The fourth-order valence-corrected chi connectivity index (χ4v) is 4.60. The van der Waals surface area contributed by atoms with Crippen molar-refractivity contribution in [1.82, 2.24) is 15.2 Å². The van der Waals surface area contributed by atoms with Gasteiger partial charge < -0.3 is 15.0 Å². The number of piperidine rings is 1. The Hall–Kier alpha value is -2.87. The van der Waals surface area contributed by atoms with Crippen molar-refractivity contribution < 1.29 is 13.5 Å². The lowest BCUT2D eigenvalue weighted by atomic mass is 9.77. The molecule has 0 saturated carbocycles. The van der Waals surface area contributed by atoms with Crippen LogP contribution in [-0.2, 0) is 4.74 Å². The standard InChI is InChI=1S/C24H27F2N5O/c1-15(17-4-3-5-18(10-17)22(25)26)28-23-20-11-19(12-27-21(20)16(2)29-30-23)31-8-6-24(7-9-31)13-32-14-24/h3-5,10-12,15,22H,6-9,13-14H2,1-2H3,(H,28,30)/t15-/m1/s1. The highest BCUT2D eigenvalue weighted by Gasteiger charge is 2.41.